The lowest BCUT2D eigenvalue weighted by Gasteiger charge is -2.28. The fourth-order valence-electron chi connectivity index (χ4n) is 2.89. The second kappa shape index (κ2) is 9.72. The molecule has 0 spiro atoms. The summed E-state index contributed by atoms with van der Waals surface area (Å²) >= 11 is 0. The fraction of sp³-hybridized carbons (Fsp3) is 0.304. The van der Waals surface area contributed by atoms with E-state index in [1.165, 1.54) is 11.1 Å². The third-order valence-electron chi connectivity index (χ3n) is 4.49. The van der Waals surface area contributed by atoms with Gasteiger partial charge in [-0.3, -0.25) is 0 Å². The van der Waals surface area contributed by atoms with Crippen LogP contribution in [0.4, 0.5) is 17.1 Å². The monoisotopic (exact) mass is 365 g/mol. The summed E-state index contributed by atoms with van der Waals surface area (Å²) < 4.78 is 5.64. The first-order valence-corrected chi connectivity index (χ1v) is 9.30. The number of anilines is 3. The van der Waals surface area contributed by atoms with E-state index >= 15 is 0 Å². The standard InChI is InChI=1S/C23H31N3O/c1-6-18(4)12-13-26(16-19-10-8-7-9-11-19)22-15-21(25-17(2)3)20(24)14-23(22)27-5/h7-11,14-15,25H,2,4,6,12-13,16,24H2,1,3,5H3. The highest BCUT2D eigenvalue weighted by Crippen LogP contribution is 2.37. The van der Waals surface area contributed by atoms with Crippen LogP contribution in [0.5, 0.6) is 5.75 Å². The van der Waals surface area contributed by atoms with E-state index in [4.69, 9.17) is 10.5 Å². The molecule has 4 nitrogen and oxygen atoms in total. The summed E-state index contributed by atoms with van der Waals surface area (Å²) in [5, 5.41) is 3.24. The summed E-state index contributed by atoms with van der Waals surface area (Å²) in [6, 6.07) is 14.3. The quantitative estimate of drug-likeness (QED) is 0.426. The van der Waals surface area contributed by atoms with Crippen molar-refractivity contribution in [1.82, 2.24) is 0 Å². The number of nitrogens with one attached hydrogen (secondary N) is 1. The van der Waals surface area contributed by atoms with Gasteiger partial charge >= 0.3 is 0 Å². The third kappa shape index (κ3) is 5.81. The molecule has 2 rings (SSSR count). The van der Waals surface area contributed by atoms with Gasteiger partial charge in [0.2, 0.25) is 0 Å². The Labute approximate surface area is 163 Å². The summed E-state index contributed by atoms with van der Waals surface area (Å²) in [7, 11) is 1.68. The number of methoxy groups -OCH3 is 1. The van der Waals surface area contributed by atoms with Gasteiger partial charge in [0, 0.05) is 24.9 Å². The van der Waals surface area contributed by atoms with Gasteiger partial charge < -0.3 is 20.7 Å². The Hall–Kier alpha value is -2.88. The van der Waals surface area contributed by atoms with E-state index in [9.17, 15) is 0 Å². The summed E-state index contributed by atoms with van der Waals surface area (Å²) in [4.78, 5) is 2.32. The maximum absolute atomic E-state index is 6.19. The van der Waals surface area contributed by atoms with Gasteiger partial charge in [-0.2, -0.15) is 0 Å². The van der Waals surface area contributed by atoms with Crippen molar-refractivity contribution in [3.63, 3.8) is 0 Å². The number of ether oxygens (including phenoxy) is 1. The van der Waals surface area contributed by atoms with Gasteiger partial charge in [0.05, 0.1) is 24.2 Å². The molecule has 4 heteroatoms. The molecular formula is C23H31N3O. The Morgan fingerprint density at radius 1 is 1.19 bits per heavy atom. The van der Waals surface area contributed by atoms with Crippen LogP contribution in [0.2, 0.25) is 0 Å². The number of hydrogen-bond acceptors (Lipinski definition) is 4. The van der Waals surface area contributed by atoms with Gasteiger partial charge in [-0.25, -0.2) is 0 Å². The van der Waals surface area contributed by atoms with Crippen LogP contribution in [-0.4, -0.2) is 13.7 Å². The fourth-order valence-corrected chi connectivity index (χ4v) is 2.89. The molecule has 144 valence electrons. The number of benzene rings is 2. The second-order valence-corrected chi connectivity index (χ2v) is 6.78. The molecule has 0 radical (unpaired) electrons. The summed E-state index contributed by atoms with van der Waals surface area (Å²) in [5.74, 6) is 0.762. The van der Waals surface area contributed by atoms with Crippen molar-refractivity contribution in [2.24, 2.45) is 0 Å². The molecule has 0 saturated carbocycles. The average Bonchev–Trinajstić information content (AvgIpc) is 2.66. The molecule has 0 fully saturated rings. The molecule has 2 aromatic carbocycles. The molecule has 0 aliphatic heterocycles. The van der Waals surface area contributed by atoms with Crippen LogP contribution in [-0.2, 0) is 6.54 Å². The number of nitrogens with zero attached hydrogens (tertiary/aromatic N) is 1. The van der Waals surface area contributed by atoms with Crippen molar-refractivity contribution in [3.8, 4) is 5.75 Å². The predicted molar refractivity (Wildman–Crippen MR) is 117 cm³/mol. The van der Waals surface area contributed by atoms with Crippen LogP contribution in [0.25, 0.3) is 0 Å². The molecule has 0 heterocycles. The van der Waals surface area contributed by atoms with Crippen molar-refractivity contribution in [2.45, 2.75) is 33.2 Å². The van der Waals surface area contributed by atoms with Gasteiger partial charge in [-0.1, -0.05) is 56.0 Å². The van der Waals surface area contributed by atoms with Crippen LogP contribution < -0.4 is 20.7 Å². The molecule has 2 aromatic rings. The lowest BCUT2D eigenvalue weighted by molar-refractivity contribution is 0.414. The Kier molecular flexibility index (Phi) is 7.35. The minimum absolute atomic E-state index is 0.635. The smallest absolute Gasteiger partial charge is 0.144 e. The molecule has 0 amide bonds. The molecule has 0 aromatic heterocycles. The summed E-state index contributed by atoms with van der Waals surface area (Å²) in [5.41, 5.74) is 12.0. The first-order chi connectivity index (χ1) is 12.9. The van der Waals surface area contributed by atoms with Crippen molar-refractivity contribution in [3.05, 3.63) is 72.5 Å². The van der Waals surface area contributed by atoms with Gasteiger partial charge in [0.1, 0.15) is 5.75 Å². The van der Waals surface area contributed by atoms with E-state index in [2.05, 4.69) is 54.6 Å². The van der Waals surface area contributed by atoms with Crippen LogP contribution in [0.1, 0.15) is 32.3 Å². The lowest BCUT2D eigenvalue weighted by atomic mass is 10.1. The lowest BCUT2D eigenvalue weighted by Crippen LogP contribution is -2.25. The molecule has 0 aliphatic carbocycles. The van der Waals surface area contributed by atoms with Crippen LogP contribution >= 0.6 is 0 Å². The van der Waals surface area contributed by atoms with Crippen LogP contribution in [0.15, 0.2) is 66.9 Å². The molecule has 0 unspecified atom stereocenters. The minimum atomic E-state index is 0.635. The van der Waals surface area contributed by atoms with Crippen molar-refractivity contribution in [2.75, 3.05) is 29.6 Å². The number of allylic oxidation sites excluding steroid dienone is 1. The second-order valence-electron chi connectivity index (χ2n) is 6.78. The van der Waals surface area contributed by atoms with Crippen LogP contribution in [0.3, 0.4) is 0 Å². The molecule has 0 saturated heterocycles. The zero-order valence-electron chi connectivity index (χ0n) is 16.7. The first kappa shape index (κ1) is 20.4. The van der Waals surface area contributed by atoms with Gasteiger partial charge in [0.25, 0.3) is 0 Å². The summed E-state index contributed by atoms with van der Waals surface area (Å²) in [6.07, 6.45) is 1.92. The van der Waals surface area contributed by atoms with Gasteiger partial charge in [-0.05, 0) is 31.4 Å². The maximum atomic E-state index is 6.19. The minimum Gasteiger partial charge on any atom is -0.495 e. The zero-order chi connectivity index (χ0) is 19.8. The van der Waals surface area contributed by atoms with Crippen molar-refractivity contribution < 1.29 is 4.74 Å². The number of hydrogen-bond donors (Lipinski definition) is 2. The van der Waals surface area contributed by atoms with Crippen molar-refractivity contribution >= 4 is 17.1 Å². The highest BCUT2D eigenvalue weighted by Gasteiger charge is 2.16. The SMILES string of the molecule is C=C(CC)CCN(Cc1ccccc1)c1cc(NC(=C)C)c(N)cc1OC. The predicted octanol–water partition coefficient (Wildman–Crippen LogP) is 5.59. The third-order valence-corrected chi connectivity index (χ3v) is 4.49. The van der Waals surface area contributed by atoms with E-state index in [1.807, 2.05) is 25.1 Å². The molecule has 3 N–H and O–H groups in total. The van der Waals surface area contributed by atoms with Gasteiger partial charge in [0.15, 0.2) is 0 Å². The Morgan fingerprint density at radius 3 is 2.48 bits per heavy atom. The molecule has 0 aliphatic rings. The maximum Gasteiger partial charge on any atom is 0.144 e. The molecule has 27 heavy (non-hydrogen) atoms. The highest BCUT2D eigenvalue weighted by molar-refractivity contribution is 5.78. The molecule has 0 atom stereocenters. The summed E-state index contributed by atoms with van der Waals surface area (Å²) in [6.45, 7) is 13.8. The normalized spacial score (nSPS) is 10.3. The van der Waals surface area contributed by atoms with Crippen LogP contribution in [0, 0.1) is 0 Å². The molecule has 0 bridgehead atoms. The topological polar surface area (TPSA) is 50.5 Å². The van der Waals surface area contributed by atoms with Gasteiger partial charge in [-0.15, -0.1) is 0 Å². The highest BCUT2D eigenvalue weighted by atomic mass is 16.5. The van der Waals surface area contributed by atoms with E-state index in [-0.39, 0.29) is 0 Å². The average molecular weight is 366 g/mol. The zero-order valence-corrected chi connectivity index (χ0v) is 16.7. The number of nitrogens with two attached hydrogens (primary N) is 1. The van der Waals surface area contributed by atoms with E-state index in [0.717, 1.165) is 48.8 Å². The Morgan fingerprint density at radius 2 is 1.89 bits per heavy atom. The Balaban J connectivity index is 2.41. The largest absolute Gasteiger partial charge is 0.495 e. The number of nitrogen functional groups attached to an aromatic ring is 1. The van der Waals surface area contributed by atoms with E-state index in [0.29, 0.717) is 5.69 Å². The van der Waals surface area contributed by atoms with E-state index in [1.54, 1.807) is 7.11 Å². The first-order valence-electron chi connectivity index (χ1n) is 9.30. The number of rotatable bonds is 10. The molecular weight excluding hydrogens is 334 g/mol. The van der Waals surface area contributed by atoms with Crippen molar-refractivity contribution in [1.29, 1.82) is 0 Å². The Bertz CT molecular complexity index is 784. The van der Waals surface area contributed by atoms with E-state index < -0.39 is 0 Å².